The third-order valence-electron chi connectivity index (χ3n) is 3.90. The van der Waals surface area contributed by atoms with Crippen molar-refractivity contribution in [1.29, 1.82) is 0 Å². The number of halogens is 1. The Morgan fingerprint density at radius 2 is 2.00 bits per heavy atom. The van der Waals surface area contributed by atoms with Crippen molar-refractivity contribution in [3.8, 4) is 0 Å². The smallest absolute Gasteiger partial charge is 0.170 e. The van der Waals surface area contributed by atoms with Crippen LogP contribution in [0.1, 0.15) is 46.0 Å². The summed E-state index contributed by atoms with van der Waals surface area (Å²) in [5.41, 5.74) is 0.345. The van der Waals surface area contributed by atoms with Crippen LogP contribution in [-0.2, 0) is 0 Å². The molecule has 2 unspecified atom stereocenters. The molecule has 0 saturated heterocycles. The van der Waals surface area contributed by atoms with Gasteiger partial charge in [-0.05, 0) is 29.9 Å². The third kappa shape index (κ3) is 2.98. The molecule has 19 heavy (non-hydrogen) atoms. The van der Waals surface area contributed by atoms with Crippen molar-refractivity contribution >= 4 is 11.0 Å². The number of benzene rings is 1. The standard InChI is InChI=1S/C16H21FO2/c1-10(16(2,3)4)8-13(18)14-9-11-6-5-7-12(17)15(11)19-14/h5-7,9-10,13,18H,8H2,1-4H3. The van der Waals surface area contributed by atoms with Crippen LogP contribution >= 0.6 is 0 Å². The van der Waals surface area contributed by atoms with Gasteiger partial charge in [0.25, 0.3) is 0 Å². The molecular formula is C16H21FO2. The summed E-state index contributed by atoms with van der Waals surface area (Å²) in [6, 6.07) is 6.50. The number of aliphatic hydroxyl groups is 1. The van der Waals surface area contributed by atoms with E-state index < -0.39 is 6.10 Å². The van der Waals surface area contributed by atoms with Crippen LogP contribution in [0.2, 0.25) is 0 Å². The van der Waals surface area contributed by atoms with E-state index in [2.05, 4.69) is 27.7 Å². The van der Waals surface area contributed by atoms with Crippen molar-refractivity contribution in [2.75, 3.05) is 0 Å². The number of hydrogen-bond acceptors (Lipinski definition) is 2. The maximum absolute atomic E-state index is 13.5. The first kappa shape index (κ1) is 14.1. The molecule has 0 aliphatic carbocycles. The molecule has 0 bridgehead atoms. The molecule has 0 aliphatic rings. The molecule has 2 nitrogen and oxygen atoms in total. The minimum atomic E-state index is -0.693. The Hall–Kier alpha value is -1.35. The van der Waals surface area contributed by atoms with Crippen molar-refractivity contribution in [3.05, 3.63) is 35.8 Å². The zero-order valence-electron chi connectivity index (χ0n) is 11.9. The van der Waals surface area contributed by atoms with Gasteiger partial charge < -0.3 is 9.52 Å². The molecule has 0 saturated carbocycles. The topological polar surface area (TPSA) is 33.4 Å². The average Bonchev–Trinajstić information content (AvgIpc) is 2.73. The first-order valence-corrected chi connectivity index (χ1v) is 6.65. The second-order valence-electron chi connectivity index (χ2n) is 6.33. The molecule has 104 valence electrons. The van der Waals surface area contributed by atoms with Crippen molar-refractivity contribution in [2.45, 2.75) is 40.2 Å². The number of fused-ring (bicyclic) bond motifs is 1. The summed E-state index contributed by atoms with van der Waals surface area (Å²) in [7, 11) is 0. The molecule has 1 aromatic carbocycles. The summed E-state index contributed by atoms with van der Waals surface area (Å²) in [5.74, 6) is 0.386. The Morgan fingerprint density at radius 3 is 2.58 bits per heavy atom. The zero-order valence-corrected chi connectivity index (χ0v) is 11.9. The van der Waals surface area contributed by atoms with Crippen LogP contribution in [0.5, 0.6) is 0 Å². The van der Waals surface area contributed by atoms with Gasteiger partial charge in [-0.25, -0.2) is 4.39 Å². The second-order valence-corrected chi connectivity index (χ2v) is 6.33. The second kappa shape index (κ2) is 4.97. The summed E-state index contributed by atoms with van der Waals surface area (Å²) in [6.07, 6.45) is -0.0914. The van der Waals surface area contributed by atoms with Gasteiger partial charge in [-0.3, -0.25) is 0 Å². The van der Waals surface area contributed by atoms with Gasteiger partial charge in [-0.1, -0.05) is 39.8 Å². The fourth-order valence-electron chi connectivity index (χ4n) is 2.02. The highest BCUT2D eigenvalue weighted by molar-refractivity contribution is 5.78. The predicted molar refractivity (Wildman–Crippen MR) is 74.4 cm³/mol. The van der Waals surface area contributed by atoms with E-state index in [0.717, 1.165) is 0 Å². The molecule has 0 amide bonds. The summed E-state index contributed by atoms with van der Waals surface area (Å²) in [5, 5.41) is 10.9. The monoisotopic (exact) mass is 264 g/mol. The van der Waals surface area contributed by atoms with Crippen LogP contribution in [-0.4, -0.2) is 5.11 Å². The van der Waals surface area contributed by atoms with E-state index in [1.54, 1.807) is 18.2 Å². The lowest BCUT2D eigenvalue weighted by Gasteiger charge is -2.28. The van der Waals surface area contributed by atoms with Gasteiger partial charge in [0.1, 0.15) is 11.9 Å². The molecule has 0 radical (unpaired) electrons. The van der Waals surface area contributed by atoms with Crippen LogP contribution in [0.15, 0.2) is 28.7 Å². The van der Waals surface area contributed by atoms with Crippen LogP contribution in [0, 0.1) is 17.2 Å². The predicted octanol–water partition coefficient (Wildman–Crippen LogP) is 4.68. The largest absolute Gasteiger partial charge is 0.455 e. The Morgan fingerprint density at radius 1 is 1.32 bits per heavy atom. The fourth-order valence-corrected chi connectivity index (χ4v) is 2.02. The van der Waals surface area contributed by atoms with Gasteiger partial charge in [0.05, 0.1) is 0 Å². The minimum Gasteiger partial charge on any atom is -0.455 e. The van der Waals surface area contributed by atoms with Gasteiger partial charge in [0.2, 0.25) is 0 Å². The molecule has 1 aromatic heterocycles. The van der Waals surface area contributed by atoms with Crippen LogP contribution in [0.4, 0.5) is 4.39 Å². The SMILES string of the molecule is CC(CC(O)c1cc2cccc(F)c2o1)C(C)(C)C. The molecule has 2 atom stereocenters. The van der Waals surface area contributed by atoms with E-state index >= 15 is 0 Å². The molecule has 1 N–H and O–H groups in total. The zero-order chi connectivity index (χ0) is 14.2. The Kier molecular flexibility index (Phi) is 3.68. The van der Waals surface area contributed by atoms with E-state index in [4.69, 9.17) is 4.42 Å². The molecule has 3 heteroatoms. The van der Waals surface area contributed by atoms with Crippen molar-refractivity contribution in [2.24, 2.45) is 11.3 Å². The van der Waals surface area contributed by atoms with Crippen molar-refractivity contribution in [3.63, 3.8) is 0 Å². The maximum atomic E-state index is 13.5. The number of furan rings is 1. The lowest BCUT2D eigenvalue weighted by Crippen LogP contribution is -2.19. The molecule has 2 aromatic rings. The number of aliphatic hydroxyl groups excluding tert-OH is 1. The first-order valence-electron chi connectivity index (χ1n) is 6.65. The van der Waals surface area contributed by atoms with Gasteiger partial charge in [0, 0.05) is 5.39 Å². The van der Waals surface area contributed by atoms with Crippen molar-refractivity contribution in [1.82, 2.24) is 0 Å². The Labute approximate surface area is 113 Å². The van der Waals surface area contributed by atoms with Crippen molar-refractivity contribution < 1.29 is 13.9 Å². The van der Waals surface area contributed by atoms with Gasteiger partial charge >= 0.3 is 0 Å². The molecule has 0 spiro atoms. The van der Waals surface area contributed by atoms with Crippen LogP contribution in [0.25, 0.3) is 11.0 Å². The van der Waals surface area contributed by atoms with E-state index in [9.17, 15) is 9.50 Å². The highest BCUT2D eigenvalue weighted by atomic mass is 19.1. The van der Waals surface area contributed by atoms with Gasteiger partial charge in [-0.15, -0.1) is 0 Å². The van der Waals surface area contributed by atoms with Crippen LogP contribution in [0.3, 0.4) is 0 Å². The minimum absolute atomic E-state index is 0.123. The normalized spacial score (nSPS) is 15.7. The Balaban J connectivity index is 2.22. The summed E-state index contributed by atoms with van der Waals surface area (Å²) < 4.78 is 19.0. The van der Waals surface area contributed by atoms with E-state index in [-0.39, 0.29) is 16.8 Å². The van der Waals surface area contributed by atoms with Gasteiger partial charge in [-0.2, -0.15) is 0 Å². The average molecular weight is 264 g/mol. The number of para-hydroxylation sites is 1. The molecule has 1 heterocycles. The highest BCUT2D eigenvalue weighted by Gasteiger charge is 2.25. The first-order chi connectivity index (χ1) is 8.79. The molecular weight excluding hydrogens is 243 g/mol. The number of hydrogen-bond donors (Lipinski definition) is 1. The van der Waals surface area contributed by atoms with E-state index in [1.807, 2.05) is 0 Å². The highest BCUT2D eigenvalue weighted by Crippen LogP contribution is 2.35. The quantitative estimate of drug-likeness (QED) is 0.873. The molecule has 0 fully saturated rings. The third-order valence-corrected chi connectivity index (χ3v) is 3.90. The van der Waals surface area contributed by atoms with Gasteiger partial charge in [0.15, 0.2) is 11.4 Å². The number of rotatable bonds is 3. The lowest BCUT2D eigenvalue weighted by atomic mass is 9.79. The fraction of sp³-hybridized carbons (Fsp3) is 0.500. The summed E-state index contributed by atoms with van der Waals surface area (Å²) >= 11 is 0. The summed E-state index contributed by atoms with van der Waals surface area (Å²) in [6.45, 7) is 8.53. The van der Waals surface area contributed by atoms with Crippen LogP contribution < -0.4 is 0 Å². The lowest BCUT2D eigenvalue weighted by molar-refractivity contribution is 0.0938. The van der Waals surface area contributed by atoms with E-state index in [0.29, 0.717) is 23.5 Å². The summed E-state index contributed by atoms with van der Waals surface area (Å²) in [4.78, 5) is 0. The maximum Gasteiger partial charge on any atom is 0.170 e. The Bertz CT molecular complexity index is 566. The molecule has 2 rings (SSSR count). The molecule has 0 aliphatic heterocycles. The van der Waals surface area contributed by atoms with E-state index in [1.165, 1.54) is 6.07 Å².